The summed E-state index contributed by atoms with van der Waals surface area (Å²) in [5.41, 5.74) is 4.37. The Morgan fingerprint density at radius 1 is 1.03 bits per heavy atom. The van der Waals surface area contributed by atoms with Crippen LogP contribution in [0.5, 0.6) is 5.75 Å². The summed E-state index contributed by atoms with van der Waals surface area (Å²) in [5.74, 6) is 0.238. The smallest absolute Gasteiger partial charge is 0.167 e. The fourth-order valence-corrected chi connectivity index (χ4v) is 5.37. The van der Waals surface area contributed by atoms with Crippen LogP contribution in [0.4, 0.5) is 4.39 Å². The molecule has 5 rings (SSSR count). The van der Waals surface area contributed by atoms with Gasteiger partial charge >= 0.3 is 0 Å². The number of rotatable bonds is 7. The minimum absolute atomic E-state index is 0.194. The number of benzene rings is 1. The van der Waals surface area contributed by atoms with Gasteiger partial charge in [-0.15, -0.1) is 0 Å². The lowest BCUT2D eigenvalue weighted by Gasteiger charge is -2.19. The first-order valence-corrected chi connectivity index (χ1v) is 13.3. The molecule has 1 fully saturated rings. The first kappa shape index (κ1) is 25.5. The summed E-state index contributed by atoms with van der Waals surface area (Å²) in [6.45, 7) is 1.77. The van der Waals surface area contributed by atoms with E-state index in [1.54, 1.807) is 12.3 Å². The predicted molar refractivity (Wildman–Crippen MR) is 144 cm³/mol. The second kappa shape index (κ2) is 11.5. The average molecular weight is 506 g/mol. The van der Waals surface area contributed by atoms with Crippen LogP contribution in [0.1, 0.15) is 56.4 Å². The molecule has 1 saturated carbocycles. The molecule has 196 valence electrons. The summed E-state index contributed by atoms with van der Waals surface area (Å²) in [7, 11) is 5.64. The number of nitrogens with zero attached hydrogens (tertiary/aromatic N) is 5. The minimum atomic E-state index is -0.427. The number of halogens is 1. The van der Waals surface area contributed by atoms with Crippen molar-refractivity contribution in [3.05, 3.63) is 54.4 Å². The van der Waals surface area contributed by atoms with Crippen LogP contribution in [0.25, 0.3) is 27.7 Å². The zero-order valence-electron chi connectivity index (χ0n) is 22.0. The fraction of sp³-hybridized carbons (Fsp3) is 0.483. The van der Waals surface area contributed by atoms with Crippen LogP contribution in [0.15, 0.2) is 43.0 Å². The molecule has 0 bridgehead atoms. The largest absolute Gasteiger partial charge is 0.494 e. The lowest BCUT2D eigenvalue weighted by Crippen LogP contribution is -2.22. The van der Waals surface area contributed by atoms with Crippen molar-refractivity contribution < 1.29 is 13.9 Å². The van der Waals surface area contributed by atoms with Gasteiger partial charge in [-0.2, -0.15) is 5.10 Å². The Morgan fingerprint density at radius 3 is 2.68 bits per heavy atom. The molecule has 2 unspecified atom stereocenters. The number of pyridine rings is 1. The molecule has 0 N–H and O–H groups in total. The summed E-state index contributed by atoms with van der Waals surface area (Å²) in [6.07, 6.45) is 16.1. The van der Waals surface area contributed by atoms with E-state index in [0.29, 0.717) is 17.5 Å². The normalized spacial score (nSPS) is 19.2. The van der Waals surface area contributed by atoms with Gasteiger partial charge < -0.3 is 14.4 Å². The van der Waals surface area contributed by atoms with E-state index in [0.717, 1.165) is 67.4 Å². The quantitative estimate of drug-likeness (QED) is 0.313. The van der Waals surface area contributed by atoms with Gasteiger partial charge in [0.25, 0.3) is 0 Å². The number of likely N-dealkylation sites (N-methyl/N-ethyl adjacent to an activating group) is 1. The topological polar surface area (TPSA) is 64.8 Å². The highest BCUT2D eigenvalue weighted by atomic mass is 19.1. The number of hydrogen-bond acceptors (Lipinski definition) is 6. The number of ether oxygens (including phenoxy) is 2. The molecule has 0 aliphatic heterocycles. The summed E-state index contributed by atoms with van der Waals surface area (Å²) < 4.78 is 27.5. The van der Waals surface area contributed by atoms with Gasteiger partial charge in [0.15, 0.2) is 17.2 Å². The summed E-state index contributed by atoms with van der Waals surface area (Å²) >= 11 is 0. The molecule has 3 heterocycles. The van der Waals surface area contributed by atoms with Crippen LogP contribution in [0, 0.1) is 5.82 Å². The highest BCUT2D eigenvalue weighted by Gasteiger charge is 2.20. The monoisotopic (exact) mass is 505 g/mol. The van der Waals surface area contributed by atoms with E-state index in [2.05, 4.69) is 35.3 Å². The second-order valence-electron chi connectivity index (χ2n) is 10.3. The average Bonchev–Trinajstić information content (AvgIpc) is 3.35. The van der Waals surface area contributed by atoms with E-state index in [4.69, 9.17) is 14.5 Å². The SMILES string of the molecule is COc1cc2c(-c3cnn4cc(C5CCCCC(OCCN(C)C)CCC5)cnc34)ccnc2cc1F. The standard InChI is InChI=1S/C29H36FN5O2/c1-34(2)13-14-37-22-9-5-4-7-20(8-6-10-22)21-17-32-29-25(18-33-35(29)19-21)23-11-12-31-27-16-26(30)28(36-3)15-24(23)27/h11-12,15-20,22H,4-10,13-14H2,1-3H3. The molecule has 0 spiro atoms. The van der Waals surface area contributed by atoms with Crippen molar-refractivity contribution in [1.29, 1.82) is 0 Å². The molecule has 0 saturated heterocycles. The van der Waals surface area contributed by atoms with Gasteiger partial charge in [-0.05, 0) is 69.0 Å². The van der Waals surface area contributed by atoms with Gasteiger partial charge in [-0.1, -0.05) is 19.3 Å². The zero-order valence-corrected chi connectivity index (χ0v) is 22.0. The third-order valence-electron chi connectivity index (χ3n) is 7.45. The molecule has 7 nitrogen and oxygen atoms in total. The van der Waals surface area contributed by atoms with Crippen LogP contribution >= 0.6 is 0 Å². The maximum atomic E-state index is 14.3. The first-order valence-electron chi connectivity index (χ1n) is 13.3. The number of methoxy groups -OCH3 is 1. The van der Waals surface area contributed by atoms with Crippen molar-refractivity contribution in [2.75, 3.05) is 34.4 Å². The summed E-state index contributed by atoms with van der Waals surface area (Å²) in [6, 6.07) is 5.02. The summed E-state index contributed by atoms with van der Waals surface area (Å²) in [5, 5.41) is 5.45. The van der Waals surface area contributed by atoms with Crippen molar-refractivity contribution in [3.8, 4) is 16.9 Å². The third-order valence-corrected chi connectivity index (χ3v) is 7.45. The fourth-order valence-electron chi connectivity index (χ4n) is 5.37. The molecule has 2 atom stereocenters. The van der Waals surface area contributed by atoms with Crippen LogP contribution in [0.2, 0.25) is 0 Å². The maximum absolute atomic E-state index is 14.3. The lowest BCUT2D eigenvalue weighted by atomic mass is 9.91. The lowest BCUT2D eigenvalue weighted by molar-refractivity contribution is 0.0315. The summed E-state index contributed by atoms with van der Waals surface area (Å²) in [4.78, 5) is 11.4. The Bertz CT molecular complexity index is 1360. The predicted octanol–water partition coefficient (Wildman–Crippen LogP) is 5.87. The molecule has 0 radical (unpaired) electrons. The zero-order chi connectivity index (χ0) is 25.8. The van der Waals surface area contributed by atoms with Gasteiger partial charge in [-0.25, -0.2) is 13.9 Å². The molecule has 4 aromatic rings. The van der Waals surface area contributed by atoms with E-state index >= 15 is 0 Å². The van der Waals surface area contributed by atoms with Crippen LogP contribution in [0.3, 0.4) is 0 Å². The minimum Gasteiger partial charge on any atom is -0.494 e. The van der Waals surface area contributed by atoms with Crippen molar-refractivity contribution in [3.63, 3.8) is 0 Å². The van der Waals surface area contributed by atoms with Crippen molar-refractivity contribution in [2.45, 2.75) is 57.0 Å². The van der Waals surface area contributed by atoms with E-state index in [1.807, 2.05) is 23.0 Å². The second-order valence-corrected chi connectivity index (χ2v) is 10.3. The molecule has 1 aliphatic carbocycles. The Kier molecular flexibility index (Phi) is 7.96. The molecular formula is C29H36FN5O2. The first-order chi connectivity index (χ1) is 18.0. The molecule has 1 aromatic carbocycles. The van der Waals surface area contributed by atoms with Gasteiger partial charge in [0, 0.05) is 42.2 Å². The molecule has 37 heavy (non-hydrogen) atoms. The third kappa shape index (κ3) is 5.75. The van der Waals surface area contributed by atoms with Crippen molar-refractivity contribution in [2.24, 2.45) is 0 Å². The number of aromatic nitrogens is 4. The van der Waals surface area contributed by atoms with Crippen molar-refractivity contribution in [1.82, 2.24) is 24.5 Å². The Morgan fingerprint density at radius 2 is 1.84 bits per heavy atom. The van der Waals surface area contributed by atoms with E-state index in [-0.39, 0.29) is 5.75 Å². The highest BCUT2D eigenvalue weighted by molar-refractivity contribution is 5.98. The highest BCUT2D eigenvalue weighted by Crippen LogP contribution is 2.35. The van der Waals surface area contributed by atoms with Crippen molar-refractivity contribution >= 4 is 16.6 Å². The Balaban J connectivity index is 1.36. The van der Waals surface area contributed by atoms with Gasteiger partial charge in [-0.3, -0.25) is 4.98 Å². The number of fused-ring (bicyclic) bond motifs is 2. The van der Waals surface area contributed by atoms with Gasteiger partial charge in [0.2, 0.25) is 0 Å². The molecular weight excluding hydrogens is 469 g/mol. The van der Waals surface area contributed by atoms with Gasteiger partial charge in [0.1, 0.15) is 0 Å². The Hall–Kier alpha value is -3.10. The molecule has 1 aliphatic rings. The molecule has 8 heteroatoms. The van der Waals surface area contributed by atoms with Crippen LogP contribution in [-0.2, 0) is 4.74 Å². The van der Waals surface area contributed by atoms with Crippen LogP contribution < -0.4 is 4.74 Å². The van der Waals surface area contributed by atoms with E-state index in [9.17, 15) is 4.39 Å². The maximum Gasteiger partial charge on any atom is 0.167 e. The van der Waals surface area contributed by atoms with Crippen LogP contribution in [-0.4, -0.2) is 64.9 Å². The van der Waals surface area contributed by atoms with E-state index in [1.165, 1.54) is 31.6 Å². The molecule has 0 amide bonds. The Labute approximate surface area is 217 Å². The number of hydrogen-bond donors (Lipinski definition) is 0. The van der Waals surface area contributed by atoms with Gasteiger partial charge in [0.05, 0.1) is 31.5 Å². The van der Waals surface area contributed by atoms with E-state index < -0.39 is 5.82 Å². The molecule has 3 aromatic heterocycles.